The van der Waals surface area contributed by atoms with E-state index < -0.39 is 0 Å². The lowest BCUT2D eigenvalue weighted by atomic mass is 9.90. The second kappa shape index (κ2) is 7.20. The molecular weight excluding hydrogens is 356 g/mol. The summed E-state index contributed by atoms with van der Waals surface area (Å²) in [7, 11) is 2.22. The molecule has 7 heteroatoms. The van der Waals surface area contributed by atoms with Crippen LogP contribution in [0, 0.1) is 0 Å². The second-order valence-corrected chi connectivity index (χ2v) is 8.97. The summed E-state index contributed by atoms with van der Waals surface area (Å²) in [5.74, 6) is 1.06. The molecule has 142 valence electrons. The van der Waals surface area contributed by atoms with Gasteiger partial charge in [-0.2, -0.15) is 0 Å². The Balaban J connectivity index is 1.24. The normalized spacial score (nSPS) is 22.4. The first-order valence-corrected chi connectivity index (χ1v) is 10.8. The summed E-state index contributed by atoms with van der Waals surface area (Å²) in [5.41, 5.74) is 2.62. The minimum Gasteiger partial charge on any atom is -0.367 e. The molecule has 2 N–H and O–H groups in total. The highest BCUT2D eigenvalue weighted by Gasteiger charge is 2.26. The van der Waals surface area contributed by atoms with Crippen molar-refractivity contribution in [1.29, 1.82) is 0 Å². The second-order valence-electron chi connectivity index (χ2n) is 7.89. The largest absolute Gasteiger partial charge is 0.367 e. The fourth-order valence-electron chi connectivity index (χ4n) is 4.65. The van der Waals surface area contributed by atoms with Crippen LogP contribution in [-0.2, 0) is 19.4 Å². The zero-order valence-corrected chi connectivity index (χ0v) is 16.6. The molecular formula is C20H26N6S. The molecule has 0 radical (unpaired) electrons. The van der Waals surface area contributed by atoms with Gasteiger partial charge in [0, 0.05) is 29.7 Å². The minimum absolute atomic E-state index is 0.509. The molecule has 6 nitrogen and oxygen atoms in total. The Morgan fingerprint density at radius 2 is 2.07 bits per heavy atom. The molecule has 0 spiro atoms. The summed E-state index contributed by atoms with van der Waals surface area (Å²) in [6, 6.07) is 1.14. The van der Waals surface area contributed by atoms with Crippen molar-refractivity contribution >= 4 is 27.4 Å². The van der Waals surface area contributed by atoms with Gasteiger partial charge in [0.25, 0.3) is 0 Å². The molecule has 0 aliphatic heterocycles. The maximum Gasteiger partial charge on any atom is 0.138 e. The summed E-state index contributed by atoms with van der Waals surface area (Å²) in [5, 5.41) is 5.06. The molecule has 0 saturated heterocycles. The highest BCUT2D eigenvalue weighted by Crippen LogP contribution is 2.39. The third kappa shape index (κ3) is 3.34. The van der Waals surface area contributed by atoms with Gasteiger partial charge in [0.15, 0.2) is 0 Å². The molecule has 0 atom stereocenters. The number of imidazole rings is 1. The predicted octanol–water partition coefficient (Wildman–Crippen LogP) is 3.76. The van der Waals surface area contributed by atoms with Gasteiger partial charge in [0.2, 0.25) is 0 Å². The van der Waals surface area contributed by atoms with Gasteiger partial charge in [-0.15, -0.1) is 11.3 Å². The van der Waals surface area contributed by atoms with E-state index in [4.69, 9.17) is 0 Å². The number of nitrogens with one attached hydrogen (secondary N) is 2. The molecule has 3 heterocycles. The first-order valence-electron chi connectivity index (χ1n) is 9.97. The fourth-order valence-corrected chi connectivity index (χ4v) is 5.88. The van der Waals surface area contributed by atoms with Gasteiger partial charge in [-0.05, 0) is 57.6 Å². The standard InChI is InChI=1S/C20H26N6S/c1-26(10-14-9-21-11-22-14)15-7-5-13(6-8-15)25-19-18-16-3-2-4-17(16)27-20(18)24-12-23-19/h9,11-13,15H,2-8,10H2,1H3,(H,21,22)(H,23,24,25). The van der Waals surface area contributed by atoms with Crippen molar-refractivity contribution in [2.75, 3.05) is 12.4 Å². The molecule has 2 aliphatic carbocycles. The van der Waals surface area contributed by atoms with Crippen LogP contribution in [0.15, 0.2) is 18.9 Å². The summed E-state index contributed by atoms with van der Waals surface area (Å²) in [6.45, 7) is 0.917. The van der Waals surface area contributed by atoms with Gasteiger partial charge in [-0.3, -0.25) is 4.90 Å². The number of nitrogens with zero attached hydrogens (tertiary/aromatic N) is 4. The summed E-state index contributed by atoms with van der Waals surface area (Å²) in [6.07, 6.45) is 13.9. The molecule has 27 heavy (non-hydrogen) atoms. The SMILES string of the molecule is CN(Cc1c[nH]cn1)C1CCC(Nc2ncnc3sc4c(c23)CCC4)CC1. The maximum absolute atomic E-state index is 4.62. The topological polar surface area (TPSA) is 69.7 Å². The lowest BCUT2D eigenvalue weighted by Gasteiger charge is -2.35. The van der Waals surface area contributed by atoms with Crippen LogP contribution in [-0.4, -0.2) is 44.0 Å². The maximum atomic E-state index is 4.62. The molecule has 0 unspecified atom stereocenters. The van der Waals surface area contributed by atoms with Gasteiger partial charge in [0.1, 0.15) is 17.0 Å². The van der Waals surface area contributed by atoms with E-state index in [2.05, 4.69) is 37.2 Å². The molecule has 5 rings (SSSR count). The Hall–Kier alpha value is -1.99. The van der Waals surface area contributed by atoms with Crippen molar-refractivity contribution in [1.82, 2.24) is 24.8 Å². The van der Waals surface area contributed by atoms with Crippen LogP contribution < -0.4 is 5.32 Å². The van der Waals surface area contributed by atoms with Gasteiger partial charge >= 0.3 is 0 Å². The Morgan fingerprint density at radius 1 is 1.19 bits per heavy atom. The molecule has 1 saturated carbocycles. The van der Waals surface area contributed by atoms with E-state index in [1.54, 1.807) is 12.7 Å². The lowest BCUT2D eigenvalue weighted by Crippen LogP contribution is -2.38. The number of fused-ring (bicyclic) bond motifs is 3. The zero-order chi connectivity index (χ0) is 18.2. The van der Waals surface area contributed by atoms with Crippen LogP contribution in [0.1, 0.15) is 48.2 Å². The van der Waals surface area contributed by atoms with E-state index in [0.29, 0.717) is 12.1 Å². The Bertz CT molecular complexity index is 910. The number of aryl methyl sites for hydroxylation is 2. The molecule has 0 bridgehead atoms. The number of rotatable bonds is 5. The average molecular weight is 383 g/mol. The highest BCUT2D eigenvalue weighted by molar-refractivity contribution is 7.19. The van der Waals surface area contributed by atoms with E-state index in [1.807, 2.05) is 17.5 Å². The molecule has 2 aliphatic rings. The monoisotopic (exact) mass is 382 g/mol. The third-order valence-corrected chi connectivity index (χ3v) is 7.33. The van der Waals surface area contributed by atoms with Crippen molar-refractivity contribution in [2.45, 2.75) is 63.6 Å². The van der Waals surface area contributed by atoms with Gasteiger partial charge in [-0.25, -0.2) is 15.0 Å². The quantitative estimate of drug-likeness (QED) is 0.703. The lowest BCUT2D eigenvalue weighted by molar-refractivity contribution is 0.178. The third-order valence-electron chi connectivity index (χ3n) is 6.13. The van der Waals surface area contributed by atoms with Crippen molar-refractivity contribution in [3.63, 3.8) is 0 Å². The van der Waals surface area contributed by atoms with Crippen LogP contribution in [0.2, 0.25) is 0 Å². The van der Waals surface area contributed by atoms with E-state index in [0.717, 1.165) is 22.9 Å². The first-order chi connectivity index (χ1) is 13.3. The zero-order valence-electron chi connectivity index (χ0n) is 15.7. The number of thiophene rings is 1. The van der Waals surface area contributed by atoms with E-state index >= 15 is 0 Å². The average Bonchev–Trinajstić information content (AvgIpc) is 3.39. The minimum atomic E-state index is 0.509. The highest BCUT2D eigenvalue weighted by atomic mass is 32.1. The van der Waals surface area contributed by atoms with Crippen LogP contribution in [0.25, 0.3) is 10.2 Å². The smallest absolute Gasteiger partial charge is 0.138 e. The van der Waals surface area contributed by atoms with Crippen molar-refractivity contribution in [2.24, 2.45) is 0 Å². The number of hydrogen-bond acceptors (Lipinski definition) is 6. The van der Waals surface area contributed by atoms with Crippen LogP contribution in [0.5, 0.6) is 0 Å². The van der Waals surface area contributed by atoms with Crippen molar-refractivity contribution < 1.29 is 0 Å². The number of anilines is 1. The number of hydrogen-bond donors (Lipinski definition) is 2. The van der Waals surface area contributed by atoms with Crippen LogP contribution >= 0.6 is 11.3 Å². The Labute approximate surface area is 163 Å². The van der Waals surface area contributed by atoms with Gasteiger partial charge in [0.05, 0.1) is 17.4 Å². The summed E-state index contributed by atoms with van der Waals surface area (Å²) in [4.78, 5) is 21.7. The Kier molecular flexibility index (Phi) is 4.57. The fraction of sp³-hybridized carbons (Fsp3) is 0.550. The van der Waals surface area contributed by atoms with Crippen molar-refractivity contribution in [3.8, 4) is 0 Å². The molecule has 0 aromatic carbocycles. The number of aromatic amines is 1. The van der Waals surface area contributed by atoms with Gasteiger partial charge < -0.3 is 10.3 Å². The van der Waals surface area contributed by atoms with E-state index in [1.165, 1.54) is 60.8 Å². The number of aromatic nitrogens is 4. The Morgan fingerprint density at radius 3 is 2.89 bits per heavy atom. The predicted molar refractivity (Wildman–Crippen MR) is 109 cm³/mol. The van der Waals surface area contributed by atoms with Crippen LogP contribution in [0.4, 0.5) is 5.82 Å². The molecule has 1 fully saturated rings. The number of H-pyrrole nitrogens is 1. The molecule has 0 amide bonds. The van der Waals surface area contributed by atoms with Gasteiger partial charge in [-0.1, -0.05) is 0 Å². The van der Waals surface area contributed by atoms with Crippen molar-refractivity contribution in [3.05, 3.63) is 35.0 Å². The first kappa shape index (κ1) is 17.1. The summed E-state index contributed by atoms with van der Waals surface area (Å²) < 4.78 is 0. The molecule has 3 aromatic rings. The van der Waals surface area contributed by atoms with Crippen LogP contribution in [0.3, 0.4) is 0 Å². The molecule has 3 aromatic heterocycles. The van der Waals surface area contributed by atoms with E-state index in [9.17, 15) is 0 Å². The summed E-state index contributed by atoms with van der Waals surface area (Å²) >= 11 is 1.86. The van der Waals surface area contributed by atoms with E-state index in [-0.39, 0.29) is 0 Å².